The topological polar surface area (TPSA) is 59.1 Å². The minimum Gasteiger partial charge on any atom is -0.468 e. The smallest absolute Gasteiger partial charge is 0.246 e. The Morgan fingerprint density at radius 1 is 1.09 bits per heavy atom. The molecule has 0 saturated carbocycles. The summed E-state index contributed by atoms with van der Waals surface area (Å²) in [6, 6.07) is 7.41. The first-order valence-corrected chi connectivity index (χ1v) is 7.54. The van der Waals surface area contributed by atoms with Crippen molar-refractivity contribution in [3.05, 3.63) is 35.9 Å². The van der Waals surface area contributed by atoms with Crippen molar-refractivity contribution in [3.63, 3.8) is 0 Å². The maximum Gasteiger partial charge on any atom is 0.246 e. The third kappa shape index (κ3) is 5.10. The standard InChI is InChI=1S/C17H22N2O4/c1-14(20)18-9-11-19(12-10-18)17(21)8-5-15-3-6-16(7-4-15)23-13-22-2/h3-8H,9-13H2,1-2H3/b8-5+. The summed E-state index contributed by atoms with van der Waals surface area (Å²) in [7, 11) is 1.57. The van der Waals surface area contributed by atoms with Gasteiger partial charge in [-0.25, -0.2) is 0 Å². The number of carbonyl (C=O) groups is 2. The number of hydrogen-bond acceptors (Lipinski definition) is 4. The molecule has 1 aromatic rings. The van der Waals surface area contributed by atoms with Gasteiger partial charge in [-0.1, -0.05) is 12.1 Å². The minimum absolute atomic E-state index is 0.0343. The molecule has 0 radical (unpaired) electrons. The molecular weight excluding hydrogens is 296 g/mol. The average molecular weight is 318 g/mol. The predicted octanol–water partition coefficient (Wildman–Crippen LogP) is 1.37. The number of nitrogens with zero attached hydrogens (tertiary/aromatic N) is 2. The number of benzene rings is 1. The molecule has 0 atom stereocenters. The van der Waals surface area contributed by atoms with Crippen LogP contribution in [0.15, 0.2) is 30.3 Å². The van der Waals surface area contributed by atoms with Gasteiger partial charge in [-0.2, -0.15) is 0 Å². The second-order valence-corrected chi connectivity index (χ2v) is 5.28. The van der Waals surface area contributed by atoms with Gasteiger partial charge >= 0.3 is 0 Å². The summed E-state index contributed by atoms with van der Waals surface area (Å²) in [6.07, 6.45) is 3.34. The van der Waals surface area contributed by atoms with E-state index in [1.807, 2.05) is 24.3 Å². The van der Waals surface area contributed by atoms with Crippen LogP contribution < -0.4 is 4.74 Å². The van der Waals surface area contributed by atoms with Crippen molar-refractivity contribution in [2.45, 2.75) is 6.92 Å². The molecule has 0 bridgehead atoms. The van der Waals surface area contributed by atoms with E-state index in [-0.39, 0.29) is 18.6 Å². The van der Waals surface area contributed by atoms with Crippen molar-refractivity contribution in [3.8, 4) is 5.75 Å². The zero-order valence-electron chi connectivity index (χ0n) is 13.5. The average Bonchev–Trinajstić information content (AvgIpc) is 2.58. The van der Waals surface area contributed by atoms with Gasteiger partial charge in [0, 0.05) is 46.3 Å². The lowest BCUT2D eigenvalue weighted by molar-refractivity contribution is -0.135. The first-order valence-electron chi connectivity index (χ1n) is 7.54. The number of piperazine rings is 1. The second kappa shape index (κ2) is 8.33. The maximum atomic E-state index is 12.2. The van der Waals surface area contributed by atoms with Gasteiger partial charge in [-0.3, -0.25) is 9.59 Å². The largest absolute Gasteiger partial charge is 0.468 e. The van der Waals surface area contributed by atoms with Gasteiger partial charge in [0.15, 0.2) is 6.79 Å². The van der Waals surface area contributed by atoms with Gasteiger partial charge < -0.3 is 19.3 Å². The SMILES string of the molecule is COCOc1ccc(/C=C/C(=O)N2CCN(C(C)=O)CC2)cc1. The zero-order chi connectivity index (χ0) is 16.7. The fraction of sp³-hybridized carbons (Fsp3) is 0.412. The summed E-state index contributed by atoms with van der Waals surface area (Å²) in [5, 5.41) is 0. The highest BCUT2D eigenvalue weighted by atomic mass is 16.7. The normalized spacial score (nSPS) is 15.0. The Kier molecular flexibility index (Phi) is 6.17. The highest BCUT2D eigenvalue weighted by molar-refractivity contribution is 5.92. The summed E-state index contributed by atoms with van der Waals surface area (Å²) >= 11 is 0. The van der Waals surface area contributed by atoms with Gasteiger partial charge in [0.25, 0.3) is 0 Å². The Labute approximate surface area is 136 Å². The highest BCUT2D eigenvalue weighted by Gasteiger charge is 2.20. The molecule has 0 N–H and O–H groups in total. The molecule has 1 aromatic carbocycles. The monoisotopic (exact) mass is 318 g/mol. The van der Waals surface area contributed by atoms with Gasteiger partial charge in [0.1, 0.15) is 5.75 Å². The van der Waals surface area contributed by atoms with E-state index in [1.165, 1.54) is 0 Å². The number of hydrogen-bond donors (Lipinski definition) is 0. The van der Waals surface area contributed by atoms with E-state index < -0.39 is 0 Å². The van der Waals surface area contributed by atoms with Crippen LogP contribution in [0.1, 0.15) is 12.5 Å². The number of amides is 2. The quantitative estimate of drug-likeness (QED) is 0.608. The van der Waals surface area contributed by atoms with Crippen LogP contribution in [0.4, 0.5) is 0 Å². The van der Waals surface area contributed by atoms with Crippen molar-refractivity contribution in [2.24, 2.45) is 0 Å². The Hall–Kier alpha value is -2.34. The molecule has 124 valence electrons. The van der Waals surface area contributed by atoms with Crippen molar-refractivity contribution >= 4 is 17.9 Å². The molecule has 1 saturated heterocycles. The molecule has 6 heteroatoms. The third-order valence-electron chi connectivity index (χ3n) is 3.68. The van der Waals surface area contributed by atoms with Crippen molar-refractivity contribution in [1.82, 2.24) is 9.80 Å². The molecule has 1 aliphatic heterocycles. The van der Waals surface area contributed by atoms with Crippen molar-refractivity contribution in [2.75, 3.05) is 40.1 Å². The zero-order valence-corrected chi connectivity index (χ0v) is 13.5. The van der Waals surface area contributed by atoms with E-state index in [0.717, 1.165) is 11.3 Å². The molecule has 0 unspecified atom stereocenters. The Morgan fingerprint density at radius 3 is 2.26 bits per heavy atom. The van der Waals surface area contributed by atoms with E-state index in [0.29, 0.717) is 26.2 Å². The molecule has 0 spiro atoms. The van der Waals surface area contributed by atoms with Gasteiger partial charge in [-0.05, 0) is 23.8 Å². The summed E-state index contributed by atoms with van der Waals surface area (Å²) in [6.45, 7) is 4.11. The summed E-state index contributed by atoms with van der Waals surface area (Å²) in [5.74, 6) is 0.743. The first-order chi connectivity index (χ1) is 11.1. The molecule has 2 amide bonds. The van der Waals surface area contributed by atoms with E-state index in [9.17, 15) is 9.59 Å². The van der Waals surface area contributed by atoms with E-state index in [4.69, 9.17) is 9.47 Å². The summed E-state index contributed by atoms with van der Waals surface area (Å²) < 4.78 is 10.1. The van der Waals surface area contributed by atoms with Gasteiger partial charge in [0.2, 0.25) is 11.8 Å². The lowest BCUT2D eigenvalue weighted by Gasteiger charge is -2.33. The molecule has 0 aliphatic carbocycles. The molecule has 1 fully saturated rings. The van der Waals surface area contributed by atoms with Crippen molar-refractivity contribution < 1.29 is 19.1 Å². The second-order valence-electron chi connectivity index (χ2n) is 5.28. The number of methoxy groups -OCH3 is 1. The fourth-order valence-electron chi connectivity index (χ4n) is 2.32. The number of rotatable bonds is 5. The van der Waals surface area contributed by atoms with Crippen LogP contribution in [0.2, 0.25) is 0 Å². The van der Waals surface area contributed by atoms with E-state index >= 15 is 0 Å². The number of carbonyl (C=O) groups excluding carboxylic acids is 2. The minimum atomic E-state index is -0.0343. The lowest BCUT2D eigenvalue weighted by atomic mass is 10.2. The Bertz CT molecular complexity index is 560. The molecule has 1 aliphatic rings. The van der Waals surface area contributed by atoms with Crippen LogP contribution in [0.25, 0.3) is 6.08 Å². The summed E-state index contributed by atoms with van der Waals surface area (Å²) in [5.41, 5.74) is 0.922. The van der Waals surface area contributed by atoms with Crippen LogP contribution in [0.5, 0.6) is 5.75 Å². The van der Waals surface area contributed by atoms with Crippen LogP contribution >= 0.6 is 0 Å². The molecule has 6 nitrogen and oxygen atoms in total. The molecule has 1 heterocycles. The van der Waals surface area contributed by atoms with Gasteiger partial charge in [0.05, 0.1) is 0 Å². The first kappa shape index (κ1) is 17.0. The predicted molar refractivity (Wildman–Crippen MR) is 86.8 cm³/mol. The van der Waals surface area contributed by atoms with E-state index in [1.54, 1.807) is 36.0 Å². The molecule has 2 rings (SSSR count). The maximum absolute atomic E-state index is 12.2. The number of ether oxygens (including phenoxy) is 2. The van der Waals surface area contributed by atoms with E-state index in [2.05, 4.69) is 0 Å². The Morgan fingerprint density at radius 2 is 1.70 bits per heavy atom. The lowest BCUT2D eigenvalue weighted by Crippen LogP contribution is -2.49. The molecule has 23 heavy (non-hydrogen) atoms. The fourth-order valence-corrected chi connectivity index (χ4v) is 2.32. The molecular formula is C17H22N2O4. The van der Waals surface area contributed by atoms with Crippen LogP contribution in [0.3, 0.4) is 0 Å². The van der Waals surface area contributed by atoms with Gasteiger partial charge in [-0.15, -0.1) is 0 Å². The Balaban J connectivity index is 1.85. The summed E-state index contributed by atoms with van der Waals surface area (Å²) in [4.78, 5) is 26.9. The third-order valence-corrected chi connectivity index (χ3v) is 3.68. The van der Waals surface area contributed by atoms with Crippen molar-refractivity contribution in [1.29, 1.82) is 0 Å². The highest BCUT2D eigenvalue weighted by Crippen LogP contribution is 2.13. The van der Waals surface area contributed by atoms with Crippen LogP contribution in [0, 0.1) is 0 Å². The van der Waals surface area contributed by atoms with Crippen LogP contribution in [-0.2, 0) is 14.3 Å². The molecule has 0 aromatic heterocycles. The van der Waals surface area contributed by atoms with Crippen LogP contribution in [-0.4, -0.2) is 61.7 Å².